The summed E-state index contributed by atoms with van der Waals surface area (Å²) in [6, 6.07) is 12.7. The first kappa shape index (κ1) is 32.0. The molecular weight excluding hydrogens is 638 g/mol. The van der Waals surface area contributed by atoms with Gasteiger partial charge in [-0.15, -0.1) is 0 Å². The number of hydrogen-bond acceptors (Lipinski definition) is 8. The van der Waals surface area contributed by atoms with Crippen molar-refractivity contribution in [3.63, 3.8) is 0 Å². The number of nitrogens with zero attached hydrogens (tertiary/aromatic N) is 2. The molecule has 1 aliphatic carbocycles. The van der Waals surface area contributed by atoms with Crippen molar-refractivity contribution < 1.29 is 27.8 Å². The van der Waals surface area contributed by atoms with E-state index in [4.69, 9.17) is 21.1 Å². The number of halogens is 1. The van der Waals surface area contributed by atoms with E-state index in [1.807, 2.05) is 31.2 Å². The third-order valence-corrected chi connectivity index (χ3v) is 12.8. The van der Waals surface area contributed by atoms with E-state index >= 15 is 0 Å². The minimum Gasteiger partial charge on any atom is -0.487 e. The van der Waals surface area contributed by atoms with Crippen LogP contribution >= 0.6 is 11.6 Å². The fraction of sp³-hybridized carbons (Fsp3) is 0.444. The molecule has 9 nitrogen and oxygen atoms in total. The van der Waals surface area contributed by atoms with Crippen molar-refractivity contribution >= 4 is 33.2 Å². The van der Waals surface area contributed by atoms with Gasteiger partial charge in [-0.05, 0) is 98.9 Å². The number of amides is 1. The van der Waals surface area contributed by atoms with Gasteiger partial charge in [0.05, 0.1) is 17.5 Å². The van der Waals surface area contributed by atoms with Crippen molar-refractivity contribution in [1.82, 2.24) is 9.71 Å². The number of pyridine rings is 1. The number of carbonyl (C=O) groups is 1. The van der Waals surface area contributed by atoms with Crippen LogP contribution < -0.4 is 19.1 Å². The molecule has 5 atom stereocenters. The molecule has 0 unspecified atom stereocenters. The van der Waals surface area contributed by atoms with Crippen molar-refractivity contribution in [3.8, 4) is 11.5 Å². The largest absolute Gasteiger partial charge is 0.487 e. The Kier molecular flexibility index (Phi) is 8.25. The molecule has 0 radical (unpaired) electrons. The fourth-order valence-electron chi connectivity index (χ4n) is 7.58. The maximum Gasteiger partial charge on any atom is 0.264 e. The minimum atomic E-state index is -4.01. The summed E-state index contributed by atoms with van der Waals surface area (Å²) in [7, 11) is -4.01. The third kappa shape index (κ3) is 5.78. The molecule has 0 spiro atoms. The Bertz CT molecular complexity index is 1850. The Morgan fingerprint density at radius 2 is 1.94 bits per heavy atom. The summed E-state index contributed by atoms with van der Waals surface area (Å²) in [4.78, 5) is 20.0. The molecule has 1 amide bonds. The van der Waals surface area contributed by atoms with Gasteiger partial charge < -0.3 is 19.5 Å². The monoisotopic (exact) mass is 677 g/mol. The smallest absolute Gasteiger partial charge is 0.264 e. The van der Waals surface area contributed by atoms with Gasteiger partial charge in [0, 0.05) is 41.0 Å². The third-order valence-electron chi connectivity index (χ3n) is 10.6. The van der Waals surface area contributed by atoms with E-state index in [2.05, 4.69) is 14.6 Å². The van der Waals surface area contributed by atoms with Gasteiger partial charge in [-0.25, -0.2) is 13.1 Å². The second-order valence-corrected chi connectivity index (χ2v) is 16.0. The lowest BCUT2D eigenvalue weighted by Gasteiger charge is -2.59. The van der Waals surface area contributed by atoms with E-state index in [0.717, 1.165) is 43.2 Å². The summed E-state index contributed by atoms with van der Waals surface area (Å²) in [5.41, 5.74) is 1.59. The highest BCUT2D eigenvalue weighted by Gasteiger charge is 2.62. The van der Waals surface area contributed by atoms with Crippen LogP contribution in [0.15, 0.2) is 67.0 Å². The highest BCUT2D eigenvalue weighted by atomic mass is 35.5. The molecule has 47 heavy (non-hydrogen) atoms. The van der Waals surface area contributed by atoms with Crippen LogP contribution in [0.25, 0.3) is 0 Å². The van der Waals surface area contributed by atoms with Crippen molar-refractivity contribution in [2.45, 2.75) is 75.4 Å². The number of ether oxygens (including phenoxy) is 2. The number of sulfonamides is 1. The first-order valence-corrected chi connectivity index (χ1v) is 18.3. The molecule has 7 rings (SSSR count). The molecule has 1 aromatic heterocycles. The predicted molar refractivity (Wildman–Crippen MR) is 180 cm³/mol. The number of hydrogen-bond donors (Lipinski definition) is 2. The fourth-order valence-corrected chi connectivity index (χ4v) is 9.06. The number of anilines is 1. The number of rotatable bonds is 0. The normalized spacial score (nSPS) is 30.8. The van der Waals surface area contributed by atoms with Crippen molar-refractivity contribution in [3.05, 3.63) is 94.3 Å². The molecule has 1 saturated carbocycles. The zero-order valence-electron chi connectivity index (χ0n) is 26.6. The topological polar surface area (TPSA) is 118 Å². The van der Waals surface area contributed by atoms with Gasteiger partial charge in [0.15, 0.2) is 0 Å². The Hall–Kier alpha value is -3.60. The number of carbonyl (C=O) groups excluding carboxylic acids is 1. The molecule has 0 saturated heterocycles. The summed E-state index contributed by atoms with van der Waals surface area (Å²) in [5.74, 6) is -0.136. The molecule has 4 aliphatic rings. The van der Waals surface area contributed by atoms with Gasteiger partial charge in [-0.2, -0.15) is 0 Å². The lowest BCUT2D eigenvalue weighted by molar-refractivity contribution is -0.169. The van der Waals surface area contributed by atoms with E-state index in [9.17, 15) is 18.3 Å². The Labute approximate surface area is 281 Å². The van der Waals surface area contributed by atoms with Crippen molar-refractivity contribution in [2.75, 3.05) is 18.0 Å². The highest BCUT2D eigenvalue weighted by Crippen LogP contribution is 2.58. The summed E-state index contributed by atoms with van der Waals surface area (Å²) in [6.07, 6.45) is 11.4. The molecule has 3 aromatic rings. The van der Waals surface area contributed by atoms with Crippen LogP contribution in [0.3, 0.4) is 0 Å². The zero-order valence-corrected chi connectivity index (χ0v) is 28.2. The molecule has 3 aliphatic heterocycles. The quantitative estimate of drug-likeness (QED) is 0.281. The highest BCUT2D eigenvalue weighted by molar-refractivity contribution is 7.90. The summed E-state index contributed by atoms with van der Waals surface area (Å²) >= 11 is 6.36. The molecule has 1 fully saturated rings. The van der Waals surface area contributed by atoms with E-state index in [-0.39, 0.29) is 17.4 Å². The van der Waals surface area contributed by atoms with E-state index in [1.165, 1.54) is 0 Å². The van der Waals surface area contributed by atoms with Crippen LogP contribution in [0.2, 0.25) is 5.02 Å². The molecule has 248 valence electrons. The number of nitrogens with one attached hydrogen (secondary N) is 1. The minimum absolute atomic E-state index is 0.218. The van der Waals surface area contributed by atoms with Gasteiger partial charge in [0.2, 0.25) is 10.0 Å². The van der Waals surface area contributed by atoms with E-state index in [1.54, 1.807) is 49.7 Å². The Morgan fingerprint density at radius 1 is 1.09 bits per heavy atom. The molecule has 4 heterocycles. The lowest BCUT2D eigenvalue weighted by Crippen LogP contribution is -2.67. The van der Waals surface area contributed by atoms with Crippen LogP contribution in [0.5, 0.6) is 11.5 Å². The Balaban J connectivity index is 1.36. The van der Waals surface area contributed by atoms with Gasteiger partial charge in [-0.1, -0.05) is 36.7 Å². The average molecular weight is 678 g/mol. The van der Waals surface area contributed by atoms with Crippen LogP contribution in [0.4, 0.5) is 5.69 Å². The molecular formula is C36H40ClN3O6S. The summed E-state index contributed by atoms with van der Waals surface area (Å²) in [5, 5.41) is 12.3. The maximum atomic E-state index is 13.5. The maximum absolute atomic E-state index is 13.5. The SMILES string of the molecule is C[C@@H]1[C@@H](C)C/C=C/[C@]2(O)c3cnccc3O[C@@]3(CC[C@H]32)CN2CCCCc3cc(Cl)ccc3COc3ccc(cc32)C(=O)NS1(=O)=O. The number of fused-ring (bicyclic) bond motifs is 4. The first-order valence-electron chi connectivity index (χ1n) is 16.4. The van der Waals surface area contributed by atoms with E-state index in [0.29, 0.717) is 53.9 Å². The van der Waals surface area contributed by atoms with Crippen LogP contribution in [0.1, 0.15) is 73.0 Å². The van der Waals surface area contributed by atoms with E-state index < -0.39 is 32.4 Å². The second kappa shape index (κ2) is 12.1. The number of benzene rings is 2. The van der Waals surface area contributed by atoms with Crippen LogP contribution in [-0.4, -0.2) is 48.4 Å². The van der Waals surface area contributed by atoms with Crippen molar-refractivity contribution in [1.29, 1.82) is 0 Å². The molecule has 2 N–H and O–H groups in total. The van der Waals surface area contributed by atoms with Crippen LogP contribution in [-0.2, 0) is 28.7 Å². The predicted octanol–water partition coefficient (Wildman–Crippen LogP) is 5.93. The number of aryl methyl sites for hydroxylation is 1. The zero-order chi connectivity index (χ0) is 33.0. The van der Waals surface area contributed by atoms with Gasteiger partial charge >= 0.3 is 0 Å². The molecule has 11 heteroatoms. The molecule has 4 bridgehead atoms. The summed E-state index contributed by atoms with van der Waals surface area (Å²) < 4.78 is 42.4. The van der Waals surface area contributed by atoms with Crippen molar-refractivity contribution in [2.24, 2.45) is 11.8 Å². The number of aromatic nitrogens is 1. The average Bonchev–Trinajstić information content (AvgIpc) is 3.06. The lowest BCUT2D eigenvalue weighted by atomic mass is 9.57. The van der Waals surface area contributed by atoms with Gasteiger partial charge in [0.1, 0.15) is 29.3 Å². The first-order chi connectivity index (χ1) is 22.5. The number of aliphatic hydroxyl groups is 1. The molecule has 2 aromatic carbocycles. The number of allylic oxidation sites excluding steroid dienone is 1. The summed E-state index contributed by atoms with van der Waals surface area (Å²) in [6.45, 7) is 4.80. The standard InChI is InChI=1S/C36H40ClN3O6S/c1-23-6-5-14-36(42)29-20-38-16-13-31(29)46-35(15-12-33(35)36)22-40-17-4-3-7-25-18-28(37)10-8-27(25)21-45-32-11-9-26(19-30(32)40)34(41)39-47(43,44)24(23)2/h5,8-11,13-14,16,18-20,23-24,33,42H,3-4,6-7,12,15,17,21-22H2,1-2H3,(H,39,41)/b14-5+/t23-,24+,33+,35-,36-/m0/s1. The second-order valence-electron chi connectivity index (χ2n) is 13.5. The Morgan fingerprint density at radius 3 is 2.74 bits per heavy atom. The van der Waals surface area contributed by atoms with Gasteiger partial charge in [0.25, 0.3) is 5.91 Å². The van der Waals surface area contributed by atoms with Gasteiger partial charge in [-0.3, -0.25) is 9.78 Å². The van der Waals surface area contributed by atoms with Crippen LogP contribution in [0, 0.1) is 11.8 Å².